The lowest BCUT2D eigenvalue weighted by Gasteiger charge is -2.22. The van der Waals surface area contributed by atoms with E-state index < -0.39 is 0 Å². The van der Waals surface area contributed by atoms with Crippen molar-refractivity contribution >= 4 is 10.9 Å². The zero-order valence-electron chi connectivity index (χ0n) is 11.7. The molecule has 1 unspecified atom stereocenters. The number of aliphatic hydroxyl groups excluding tert-OH is 1. The molecule has 108 valence electrons. The Kier molecular flexibility index (Phi) is 4.35. The van der Waals surface area contributed by atoms with Crippen LogP contribution in [-0.2, 0) is 11.2 Å². The van der Waals surface area contributed by atoms with Crippen LogP contribution in [0.4, 0.5) is 0 Å². The number of rotatable bonds is 4. The van der Waals surface area contributed by atoms with E-state index >= 15 is 0 Å². The summed E-state index contributed by atoms with van der Waals surface area (Å²) in [5.74, 6) is 0.500. The average Bonchev–Trinajstić information content (AvgIpc) is 2.80. The van der Waals surface area contributed by atoms with Gasteiger partial charge in [-0.25, -0.2) is 0 Å². The largest absolute Gasteiger partial charge is 0.395 e. The van der Waals surface area contributed by atoms with Crippen LogP contribution in [0.3, 0.4) is 0 Å². The van der Waals surface area contributed by atoms with Gasteiger partial charge in [0.25, 0.3) is 0 Å². The van der Waals surface area contributed by atoms with Gasteiger partial charge in [-0.05, 0) is 41.5 Å². The molecule has 1 aliphatic heterocycles. The Hall–Kier alpha value is -1.36. The third kappa shape index (κ3) is 3.20. The highest BCUT2D eigenvalue weighted by molar-refractivity contribution is 5.79. The van der Waals surface area contributed by atoms with Gasteiger partial charge in [-0.2, -0.15) is 0 Å². The maximum absolute atomic E-state index is 9.10. The van der Waals surface area contributed by atoms with Crippen LogP contribution in [-0.4, -0.2) is 54.4 Å². The van der Waals surface area contributed by atoms with Gasteiger partial charge in [0.1, 0.15) is 0 Å². The molecule has 0 radical (unpaired) electrons. The molecule has 2 N–H and O–H groups in total. The van der Waals surface area contributed by atoms with Crippen molar-refractivity contribution in [3.05, 3.63) is 36.0 Å². The van der Waals surface area contributed by atoms with Crippen molar-refractivity contribution in [2.75, 3.05) is 39.5 Å². The smallest absolute Gasteiger partial charge is 0.0593 e. The van der Waals surface area contributed by atoms with Crippen LogP contribution in [0.25, 0.3) is 10.9 Å². The molecule has 3 rings (SSSR count). The molecule has 2 aromatic rings. The van der Waals surface area contributed by atoms with Gasteiger partial charge in [0.05, 0.1) is 19.8 Å². The fraction of sp³-hybridized carbons (Fsp3) is 0.500. The normalized spacial score (nSPS) is 21.1. The number of benzene rings is 1. The van der Waals surface area contributed by atoms with Crippen molar-refractivity contribution in [3.8, 4) is 0 Å². The molecule has 20 heavy (non-hydrogen) atoms. The number of β-amino-alcohol motifs (C(OH)–C–C–N with tert-alkyl or cyclic N) is 1. The van der Waals surface area contributed by atoms with Crippen LogP contribution in [0.15, 0.2) is 30.5 Å². The Balaban J connectivity index is 1.68. The van der Waals surface area contributed by atoms with Crippen LogP contribution in [0, 0.1) is 5.92 Å². The third-order valence-corrected chi connectivity index (χ3v) is 3.98. The molecule has 0 bridgehead atoms. The van der Waals surface area contributed by atoms with Crippen molar-refractivity contribution in [1.29, 1.82) is 0 Å². The van der Waals surface area contributed by atoms with Crippen molar-refractivity contribution < 1.29 is 9.84 Å². The van der Waals surface area contributed by atoms with Crippen LogP contribution in [0.2, 0.25) is 0 Å². The van der Waals surface area contributed by atoms with Gasteiger partial charge in [-0.15, -0.1) is 0 Å². The summed E-state index contributed by atoms with van der Waals surface area (Å²) in [6, 6.07) is 8.71. The molecule has 1 aliphatic rings. The molecule has 4 heteroatoms. The number of aliphatic hydroxyl groups is 1. The summed E-state index contributed by atoms with van der Waals surface area (Å²) in [6.45, 7) is 4.48. The molecule has 4 nitrogen and oxygen atoms in total. The van der Waals surface area contributed by atoms with E-state index in [-0.39, 0.29) is 6.61 Å². The molecule has 1 fully saturated rings. The number of nitrogens with one attached hydrogen (secondary N) is 1. The van der Waals surface area contributed by atoms with E-state index in [4.69, 9.17) is 9.84 Å². The Morgan fingerprint density at radius 2 is 2.30 bits per heavy atom. The van der Waals surface area contributed by atoms with Crippen LogP contribution in [0.5, 0.6) is 0 Å². The molecule has 1 aromatic heterocycles. The Morgan fingerprint density at radius 1 is 1.35 bits per heavy atom. The minimum Gasteiger partial charge on any atom is -0.395 e. The van der Waals surface area contributed by atoms with Crippen molar-refractivity contribution in [2.45, 2.75) is 6.42 Å². The lowest BCUT2D eigenvalue weighted by Crippen LogP contribution is -2.33. The number of H-pyrrole nitrogens is 1. The van der Waals surface area contributed by atoms with E-state index in [0.717, 1.165) is 39.3 Å². The van der Waals surface area contributed by atoms with E-state index in [0.29, 0.717) is 5.92 Å². The minimum absolute atomic E-state index is 0.224. The van der Waals surface area contributed by atoms with Gasteiger partial charge in [0.15, 0.2) is 0 Å². The highest BCUT2D eigenvalue weighted by Gasteiger charge is 2.18. The highest BCUT2D eigenvalue weighted by Crippen LogP contribution is 2.18. The zero-order chi connectivity index (χ0) is 13.8. The second-order valence-corrected chi connectivity index (χ2v) is 5.57. The molecule has 0 saturated carbocycles. The molecular formula is C16H22N2O2. The lowest BCUT2D eigenvalue weighted by atomic mass is 9.98. The third-order valence-electron chi connectivity index (χ3n) is 3.98. The first-order valence-corrected chi connectivity index (χ1v) is 7.32. The highest BCUT2D eigenvalue weighted by atomic mass is 16.5. The summed E-state index contributed by atoms with van der Waals surface area (Å²) in [7, 11) is 0. The van der Waals surface area contributed by atoms with E-state index in [1.807, 2.05) is 6.20 Å². The molecule has 1 atom stereocenters. The summed E-state index contributed by atoms with van der Waals surface area (Å²) in [5.41, 5.74) is 2.55. The molecule has 0 spiro atoms. The topological polar surface area (TPSA) is 48.5 Å². The zero-order valence-corrected chi connectivity index (χ0v) is 11.7. The number of fused-ring (bicyclic) bond motifs is 1. The number of hydrogen-bond donors (Lipinski definition) is 2. The second-order valence-electron chi connectivity index (χ2n) is 5.57. The SMILES string of the molecule is OCCN1CCOCC(Cc2ccc3[nH]ccc3c2)C1. The number of nitrogens with zero attached hydrogens (tertiary/aromatic N) is 1. The lowest BCUT2D eigenvalue weighted by molar-refractivity contribution is 0.121. The van der Waals surface area contributed by atoms with Gasteiger partial charge in [0.2, 0.25) is 0 Å². The van der Waals surface area contributed by atoms with Crippen LogP contribution >= 0.6 is 0 Å². The maximum atomic E-state index is 9.10. The molecule has 0 amide bonds. The molecular weight excluding hydrogens is 252 g/mol. The van der Waals surface area contributed by atoms with Crippen molar-refractivity contribution in [2.24, 2.45) is 5.92 Å². The number of aromatic amines is 1. The number of aromatic nitrogens is 1. The maximum Gasteiger partial charge on any atom is 0.0593 e. The summed E-state index contributed by atoms with van der Waals surface area (Å²) < 4.78 is 5.70. The molecule has 1 aromatic carbocycles. The monoisotopic (exact) mass is 274 g/mol. The summed E-state index contributed by atoms with van der Waals surface area (Å²) in [6.07, 6.45) is 3.01. The van der Waals surface area contributed by atoms with E-state index in [2.05, 4.69) is 34.1 Å². The standard InChI is InChI=1S/C16H22N2O2/c19-7-5-18-6-8-20-12-14(11-18)9-13-1-2-16-15(10-13)3-4-17-16/h1-4,10,14,17,19H,5-9,11-12H2. The number of hydrogen-bond acceptors (Lipinski definition) is 3. The van der Waals surface area contributed by atoms with Gasteiger partial charge < -0.3 is 14.8 Å². The fourth-order valence-electron chi connectivity index (χ4n) is 2.98. The van der Waals surface area contributed by atoms with Gasteiger partial charge in [-0.3, -0.25) is 4.90 Å². The van der Waals surface area contributed by atoms with Gasteiger partial charge in [0, 0.05) is 31.3 Å². The summed E-state index contributed by atoms with van der Waals surface area (Å²) in [5, 5.41) is 10.4. The fourth-order valence-corrected chi connectivity index (χ4v) is 2.98. The molecule has 1 saturated heterocycles. The number of ether oxygens (including phenoxy) is 1. The van der Waals surface area contributed by atoms with E-state index in [1.165, 1.54) is 16.5 Å². The first-order chi connectivity index (χ1) is 9.85. The van der Waals surface area contributed by atoms with Gasteiger partial charge in [-0.1, -0.05) is 6.07 Å². The van der Waals surface area contributed by atoms with Crippen molar-refractivity contribution in [3.63, 3.8) is 0 Å². The molecule has 2 heterocycles. The quantitative estimate of drug-likeness (QED) is 0.891. The summed E-state index contributed by atoms with van der Waals surface area (Å²) in [4.78, 5) is 5.52. The average molecular weight is 274 g/mol. The Bertz CT molecular complexity index is 552. The second kappa shape index (κ2) is 6.39. The predicted molar refractivity (Wildman–Crippen MR) is 79.8 cm³/mol. The van der Waals surface area contributed by atoms with E-state index in [1.54, 1.807) is 0 Å². The van der Waals surface area contributed by atoms with Crippen molar-refractivity contribution in [1.82, 2.24) is 9.88 Å². The van der Waals surface area contributed by atoms with Crippen LogP contribution < -0.4 is 0 Å². The minimum atomic E-state index is 0.224. The molecule has 0 aliphatic carbocycles. The summed E-state index contributed by atoms with van der Waals surface area (Å²) >= 11 is 0. The Labute approximate surface area is 119 Å². The Morgan fingerprint density at radius 3 is 3.20 bits per heavy atom. The van der Waals surface area contributed by atoms with Crippen LogP contribution in [0.1, 0.15) is 5.56 Å². The van der Waals surface area contributed by atoms with E-state index in [9.17, 15) is 0 Å². The first-order valence-electron chi connectivity index (χ1n) is 7.32. The predicted octanol–water partition coefficient (Wildman–Crippen LogP) is 1.65. The first kappa shape index (κ1) is 13.6. The van der Waals surface area contributed by atoms with Gasteiger partial charge >= 0.3 is 0 Å².